The molecule has 8 heteroatoms. The number of amides is 2. The first kappa shape index (κ1) is 18.7. The van der Waals surface area contributed by atoms with Crippen molar-refractivity contribution in [2.45, 2.75) is 20.4 Å². The van der Waals surface area contributed by atoms with Gasteiger partial charge in [0.25, 0.3) is 11.8 Å². The van der Waals surface area contributed by atoms with E-state index in [1.165, 1.54) is 17.4 Å². The third kappa shape index (κ3) is 4.95. The molecule has 2 N–H and O–H groups in total. The van der Waals surface area contributed by atoms with Crippen LogP contribution in [0.5, 0.6) is 0 Å². The summed E-state index contributed by atoms with van der Waals surface area (Å²) in [5.41, 5.74) is 2.38. The maximum absolute atomic E-state index is 13.9. The van der Waals surface area contributed by atoms with Crippen molar-refractivity contribution in [1.82, 2.24) is 15.3 Å². The molecule has 0 aliphatic heterocycles. The second-order valence-corrected chi connectivity index (χ2v) is 6.72. The fourth-order valence-corrected chi connectivity index (χ4v) is 3.17. The molecule has 6 nitrogen and oxygen atoms in total. The highest BCUT2D eigenvalue weighted by Crippen LogP contribution is 2.16. The minimum atomic E-state index is -0.620. The van der Waals surface area contributed by atoms with Crippen LogP contribution in [-0.4, -0.2) is 21.8 Å². The normalized spacial score (nSPS) is 10.5. The highest BCUT2D eigenvalue weighted by Gasteiger charge is 2.12. The van der Waals surface area contributed by atoms with Gasteiger partial charge in [0, 0.05) is 28.0 Å². The number of aryl methyl sites for hydroxylation is 2. The minimum absolute atomic E-state index is 0.0972. The van der Waals surface area contributed by atoms with E-state index in [1.807, 2.05) is 19.9 Å². The Kier molecular flexibility index (Phi) is 5.56. The summed E-state index contributed by atoms with van der Waals surface area (Å²) in [6.07, 6.45) is 0. The number of hydrogen-bond acceptors (Lipinski definition) is 5. The summed E-state index contributed by atoms with van der Waals surface area (Å²) in [4.78, 5) is 33.0. The number of nitrogens with one attached hydrogen (secondary N) is 2. The lowest BCUT2D eigenvalue weighted by atomic mass is 10.1. The number of anilines is 1. The molecule has 0 saturated carbocycles. The first-order valence-electron chi connectivity index (χ1n) is 8.14. The Labute approximate surface area is 159 Å². The van der Waals surface area contributed by atoms with Crippen LogP contribution >= 0.6 is 11.3 Å². The molecule has 2 amide bonds. The molecular weight excluding hydrogens is 367 g/mol. The summed E-state index contributed by atoms with van der Waals surface area (Å²) in [7, 11) is 0. The number of aromatic nitrogens is 2. The van der Waals surface area contributed by atoms with E-state index in [2.05, 4.69) is 20.6 Å². The van der Waals surface area contributed by atoms with Crippen molar-refractivity contribution < 1.29 is 14.0 Å². The lowest BCUT2D eigenvalue weighted by molar-refractivity contribution is 0.0948. The Morgan fingerprint density at radius 1 is 1.04 bits per heavy atom. The van der Waals surface area contributed by atoms with E-state index in [0.29, 0.717) is 11.4 Å². The van der Waals surface area contributed by atoms with Gasteiger partial charge in [-0.3, -0.25) is 9.59 Å². The average Bonchev–Trinajstić information content (AvgIpc) is 3.13. The number of benzene rings is 1. The number of nitrogens with zero attached hydrogens (tertiary/aromatic N) is 2. The second kappa shape index (κ2) is 8.05. The smallest absolute Gasteiger partial charge is 0.256 e. The first-order valence-corrected chi connectivity index (χ1v) is 9.08. The third-order valence-electron chi connectivity index (χ3n) is 3.64. The molecule has 2 aromatic heterocycles. The Morgan fingerprint density at radius 3 is 2.44 bits per heavy atom. The lowest BCUT2D eigenvalue weighted by Gasteiger charge is -2.09. The standard InChI is InChI=1S/C19H17FN4O2S/c1-11-5-12(2)23-17(22-11)9-21-18(25)14-6-15(20)8-16(7-14)24-19(26)13-3-4-27-10-13/h3-8,10H,9H2,1-2H3,(H,21,25)(H,24,26). The zero-order valence-electron chi connectivity index (χ0n) is 14.7. The number of thiophene rings is 1. The SMILES string of the molecule is Cc1cc(C)nc(CNC(=O)c2cc(F)cc(NC(=O)c3ccsc3)c2)n1. The maximum atomic E-state index is 13.9. The average molecular weight is 384 g/mol. The Hall–Kier alpha value is -3.13. The molecular formula is C19H17FN4O2S. The van der Waals surface area contributed by atoms with Gasteiger partial charge in [0.05, 0.1) is 12.1 Å². The highest BCUT2D eigenvalue weighted by atomic mass is 32.1. The van der Waals surface area contributed by atoms with Crippen LogP contribution in [0.2, 0.25) is 0 Å². The van der Waals surface area contributed by atoms with Crippen LogP contribution in [0.15, 0.2) is 41.1 Å². The molecule has 0 spiro atoms. The summed E-state index contributed by atoms with van der Waals surface area (Å²) in [5, 5.41) is 8.71. The summed E-state index contributed by atoms with van der Waals surface area (Å²) in [6.45, 7) is 3.80. The molecule has 138 valence electrons. The predicted octanol–water partition coefficient (Wildman–Crippen LogP) is 3.48. The van der Waals surface area contributed by atoms with Crippen molar-refractivity contribution in [3.8, 4) is 0 Å². The summed E-state index contributed by atoms with van der Waals surface area (Å²) < 4.78 is 13.9. The van der Waals surface area contributed by atoms with Crippen molar-refractivity contribution in [1.29, 1.82) is 0 Å². The number of rotatable bonds is 5. The quantitative estimate of drug-likeness (QED) is 0.705. The van der Waals surface area contributed by atoms with Crippen molar-refractivity contribution in [3.63, 3.8) is 0 Å². The summed E-state index contributed by atoms with van der Waals surface area (Å²) in [5.74, 6) is -0.991. The van der Waals surface area contributed by atoms with E-state index in [0.717, 1.165) is 23.5 Å². The van der Waals surface area contributed by atoms with E-state index in [9.17, 15) is 14.0 Å². The van der Waals surface area contributed by atoms with E-state index in [-0.39, 0.29) is 23.7 Å². The van der Waals surface area contributed by atoms with Gasteiger partial charge >= 0.3 is 0 Å². The topological polar surface area (TPSA) is 84.0 Å². The van der Waals surface area contributed by atoms with Crippen LogP contribution in [0.3, 0.4) is 0 Å². The van der Waals surface area contributed by atoms with Gasteiger partial charge in [-0.25, -0.2) is 14.4 Å². The second-order valence-electron chi connectivity index (χ2n) is 5.94. The van der Waals surface area contributed by atoms with Gasteiger partial charge in [0.15, 0.2) is 0 Å². The molecule has 3 rings (SSSR count). The van der Waals surface area contributed by atoms with E-state index in [4.69, 9.17) is 0 Å². The molecule has 1 aromatic carbocycles. The van der Waals surface area contributed by atoms with E-state index >= 15 is 0 Å². The van der Waals surface area contributed by atoms with Crippen LogP contribution < -0.4 is 10.6 Å². The molecule has 0 aliphatic carbocycles. The zero-order chi connectivity index (χ0) is 19.4. The fourth-order valence-electron chi connectivity index (χ4n) is 2.53. The minimum Gasteiger partial charge on any atom is -0.345 e. The van der Waals surface area contributed by atoms with Crippen LogP contribution in [0.1, 0.15) is 37.9 Å². The lowest BCUT2D eigenvalue weighted by Crippen LogP contribution is -2.24. The summed E-state index contributed by atoms with van der Waals surface area (Å²) >= 11 is 1.39. The Morgan fingerprint density at radius 2 is 1.78 bits per heavy atom. The Bertz CT molecular complexity index is 969. The number of carbonyl (C=O) groups excluding carboxylic acids is 2. The number of hydrogen-bond donors (Lipinski definition) is 2. The Balaban J connectivity index is 1.71. The van der Waals surface area contributed by atoms with Crippen LogP contribution in [0.4, 0.5) is 10.1 Å². The molecule has 3 aromatic rings. The molecule has 27 heavy (non-hydrogen) atoms. The van der Waals surface area contributed by atoms with Gasteiger partial charge in [-0.2, -0.15) is 11.3 Å². The molecule has 0 fully saturated rings. The number of halogens is 1. The molecule has 0 saturated heterocycles. The first-order chi connectivity index (χ1) is 12.9. The molecule has 0 aliphatic rings. The number of carbonyl (C=O) groups is 2. The van der Waals surface area contributed by atoms with Gasteiger partial charge in [0.2, 0.25) is 0 Å². The van der Waals surface area contributed by atoms with Crippen molar-refractivity contribution >= 4 is 28.8 Å². The monoisotopic (exact) mass is 384 g/mol. The van der Waals surface area contributed by atoms with E-state index < -0.39 is 11.7 Å². The fraction of sp³-hybridized carbons (Fsp3) is 0.158. The van der Waals surface area contributed by atoms with Crippen molar-refractivity contribution in [2.75, 3.05) is 5.32 Å². The molecule has 0 unspecified atom stereocenters. The zero-order valence-corrected chi connectivity index (χ0v) is 15.6. The van der Waals surface area contributed by atoms with Crippen molar-refractivity contribution in [3.05, 3.63) is 75.2 Å². The van der Waals surface area contributed by atoms with Crippen LogP contribution in [0, 0.1) is 19.7 Å². The van der Waals surface area contributed by atoms with Crippen molar-refractivity contribution in [2.24, 2.45) is 0 Å². The van der Waals surface area contributed by atoms with E-state index in [1.54, 1.807) is 16.8 Å². The predicted molar refractivity (Wildman–Crippen MR) is 101 cm³/mol. The van der Waals surface area contributed by atoms with Crippen LogP contribution in [-0.2, 0) is 6.54 Å². The molecule has 0 radical (unpaired) electrons. The third-order valence-corrected chi connectivity index (χ3v) is 4.32. The van der Waals surface area contributed by atoms with Crippen LogP contribution in [0.25, 0.3) is 0 Å². The van der Waals surface area contributed by atoms with Gasteiger partial charge < -0.3 is 10.6 Å². The van der Waals surface area contributed by atoms with Gasteiger partial charge in [-0.1, -0.05) is 0 Å². The molecule has 2 heterocycles. The maximum Gasteiger partial charge on any atom is 0.256 e. The van der Waals surface area contributed by atoms with Gasteiger partial charge in [-0.05, 0) is 49.6 Å². The van der Waals surface area contributed by atoms with Gasteiger partial charge in [0.1, 0.15) is 11.6 Å². The van der Waals surface area contributed by atoms with Gasteiger partial charge in [-0.15, -0.1) is 0 Å². The molecule has 0 bridgehead atoms. The summed E-state index contributed by atoms with van der Waals surface area (Å²) in [6, 6.07) is 7.19. The largest absolute Gasteiger partial charge is 0.345 e. The highest BCUT2D eigenvalue weighted by molar-refractivity contribution is 7.08. The molecule has 0 atom stereocenters.